The maximum Gasteiger partial charge on any atom is 0.251 e. The number of carbonyl (C=O) groups excluding carboxylic acids is 2. The molecule has 2 aliphatic heterocycles. The Morgan fingerprint density at radius 2 is 2.13 bits per heavy atom. The van der Waals surface area contributed by atoms with Crippen molar-refractivity contribution in [2.24, 2.45) is 0 Å². The highest BCUT2D eigenvalue weighted by atomic mass is 79.9. The molecule has 30 heavy (non-hydrogen) atoms. The number of nitrogens with zero attached hydrogens (tertiary/aromatic N) is 1. The Morgan fingerprint density at radius 1 is 1.40 bits per heavy atom. The second kappa shape index (κ2) is 16.3. The first-order chi connectivity index (χ1) is 14.5. The Balaban J connectivity index is 0.000000263. The van der Waals surface area contributed by atoms with E-state index in [1.165, 1.54) is 18.2 Å². The number of amides is 2. The highest BCUT2D eigenvalue weighted by Crippen LogP contribution is 2.21. The van der Waals surface area contributed by atoms with Crippen LogP contribution in [0, 0.1) is 5.82 Å². The van der Waals surface area contributed by atoms with Crippen molar-refractivity contribution in [3.63, 3.8) is 0 Å². The van der Waals surface area contributed by atoms with Crippen LogP contribution in [-0.2, 0) is 23.4 Å². The number of hydrogen-bond acceptors (Lipinski definition) is 7. The fourth-order valence-electron chi connectivity index (χ4n) is 2.30. The lowest BCUT2D eigenvalue weighted by Crippen LogP contribution is -2.28. The molecule has 8 nitrogen and oxygen atoms in total. The van der Waals surface area contributed by atoms with Gasteiger partial charge in [0.2, 0.25) is 6.41 Å². The molecule has 1 aromatic carbocycles. The van der Waals surface area contributed by atoms with Gasteiger partial charge in [0.15, 0.2) is 9.03 Å². The summed E-state index contributed by atoms with van der Waals surface area (Å²) in [6.45, 7) is 1.79. The minimum atomic E-state index is -0.474. The molecule has 2 saturated heterocycles. The van der Waals surface area contributed by atoms with Crippen molar-refractivity contribution in [1.29, 1.82) is 0 Å². The maximum absolute atomic E-state index is 12.1. The van der Waals surface area contributed by atoms with Crippen molar-refractivity contribution in [2.45, 2.75) is 31.6 Å². The van der Waals surface area contributed by atoms with Gasteiger partial charge in [0.1, 0.15) is 12.0 Å². The molecular weight excluding hydrogens is 482 g/mol. The van der Waals surface area contributed by atoms with E-state index < -0.39 is 5.91 Å². The Bertz CT molecular complexity index is 637. The summed E-state index contributed by atoms with van der Waals surface area (Å²) in [4.78, 5) is 22.6. The van der Waals surface area contributed by atoms with Crippen LogP contribution in [0.3, 0.4) is 0 Å². The molecule has 0 radical (unpaired) electrons. The van der Waals surface area contributed by atoms with Crippen LogP contribution >= 0.6 is 25.0 Å². The number of carbonyl (C=O) groups is 2. The summed E-state index contributed by atoms with van der Waals surface area (Å²) >= 11 is 3.12. The van der Waals surface area contributed by atoms with Gasteiger partial charge in [-0.05, 0) is 37.5 Å². The quantitative estimate of drug-likeness (QED) is 0.358. The lowest BCUT2D eigenvalue weighted by molar-refractivity contribution is -0.121. The van der Waals surface area contributed by atoms with Gasteiger partial charge in [-0.15, -0.1) is 0 Å². The molecule has 168 valence electrons. The van der Waals surface area contributed by atoms with Crippen LogP contribution in [0.2, 0.25) is 0 Å². The van der Waals surface area contributed by atoms with Gasteiger partial charge in [-0.3, -0.25) is 14.9 Å². The van der Waals surface area contributed by atoms with Gasteiger partial charge in [0.25, 0.3) is 5.91 Å². The van der Waals surface area contributed by atoms with Crippen molar-refractivity contribution in [2.75, 3.05) is 26.9 Å². The van der Waals surface area contributed by atoms with Crippen LogP contribution in [0.5, 0.6) is 0 Å². The van der Waals surface area contributed by atoms with E-state index in [1.54, 1.807) is 30.3 Å². The second-order valence-corrected chi connectivity index (χ2v) is 7.81. The van der Waals surface area contributed by atoms with Crippen molar-refractivity contribution < 1.29 is 32.9 Å². The predicted molar refractivity (Wildman–Crippen MR) is 115 cm³/mol. The fraction of sp³-hybridized carbons (Fsp3) is 0.474. The molecule has 0 bridgehead atoms. The fourth-order valence-corrected chi connectivity index (χ4v) is 3.21. The van der Waals surface area contributed by atoms with Crippen LogP contribution < -0.4 is 5.32 Å². The highest BCUT2D eigenvalue weighted by molar-refractivity contribution is 9.10. The van der Waals surface area contributed by atoms with E-state index in [9.17, 15) is 14.0 Å². The normalized spacial score (nSPS) is 20.4. The van der Waals surface area contributed by atoms with E-state index in [2.05, 4.69) is 15.9 Å². The van der Waals surface area contributed by atoms with Crippen molar-refractivity contribution in [3.05, 3.63) is 46.8 Å². The molecule has 0 aliphatic carbocycles. The van der Waals surface area contributed by atoms with Crippen LogP contribution in [-0.4, -0.2) is 61.5 Å². The van der Waals surface area contributed by atoms with Gasteiger partial charge < -0.3 is 23.8 Å². The van der Waals surface area contributed by atoms with E-state index in [1.807, 2.05) is 5.32 Å². The zero-order valence-corrected chi connectivity index (χ0v) is 19.2. The summed E-state index contributed by atoms with van der Waals surface area (Å²) in [6.07, 6.45) is 5.56. The van der Waals surface area contributed by atoms with E-state index in [0.717, 1.165) is 36.9 Å². The second-order valence-electron chi connectivity index (χ2n) is 6.15. The summed E-state index contributed by atoms with van der Waals surface area (Å²) in [6, 6.07) is 6.26. The molecule has 1 aromatic rings. The average Bonchev–Trinajstić information content (AvgIpc) is 3.24. The van der Waals surface area contributed by atoms with Crippen molar-refractivity contribution in [3.8, 4) is 0 Å². The number of nitrogens with one attached hydrogen (secondary N) is 1. The first-order valence-corrected chi connectivity index (χ1v) is 10.9. The maximum atomic E-state index is 12.1. The van der Waals surface area contributed by atoms with Gasteiger partial charge in [-0.1, -0.05) is 22.0 Å². The largest absolute Gasteiger partial charge is 0.394 e. The first-order valence-electron chi connectivity index (χ1n) is 9.26. The summed E-state index contributed by atoms with van der Waals surface area (Å²) < 4.78 is 28.2. The summed E-state index contributed by atoms with van der Waals surface area (Å²) in [5.41, 5.74) is 0. The lowest BCUT2D eigenvalue weighted by Gasteiger charge is -2.22. The monoisotopic (exact) mass is 508 g/mol. The number of hydrogen-bond donors (Lipinski definition) is 2. The molecule has 2 N–H and O–H groups in total. The number of aliphatic hydroxyl groups is 1. The molecule has 2 amide bonds. The minimum Gasteiger partial charge on any atom is -0.394 e. The Hall–Kier alpha value is -1.42. The Morgan fingerprint density at radius 3 is 2.57 bits per heavy atom. The van der Waals surface area contributed by atoms with Crippen LogP contribution in [0.25, 0.3) is 0 Å². The molecule has 3 rings (SSSR count). The van der Waals surface area contributed by atoms with E-state index >= 15 is 0 Å². The highest BCUT2D eigenvalue weighted by Gasteiger charge is 2.26. The van der Waals surface area contributed by atoms with Crippen molar-refractivity contribution >= 4 is 37.3 Å². The van der Waals surface area contributed by atoms with Crippen molar-refractivity contribution in [1.82, 2.24) is 10.2 Å². The predicted octanol–water partition coefficient (Wildman–Crippen LogP) is 2.72. The SMILES string of the molecule is C1COPOC1.CN(/C=C\C(=O)NC=O)C1CCC(CO)O1.Fc1cccc(Br)c1. The molecule has 2 unspecified atom stereocenters. The number of halogens is 2. The summed E-state index contributed by atoms with van der Waals surface area (Å²) in [5, 5.41) is 10.9. The molecule has 2 fully saturated rings. The molecule has 2 aliphatic rings. The molecule has 11 heteroatoms. The third-order valence-corrected chi connectivity index (χ3v) is 4.94. The van der Waals surface area contributed by atoms with E-state index in [0.29, 0.717) is 15.4 Å². The van der Waals surface area contributed by atoms with Gasteiger partial charge in [-0.25, -0.2) is 4.39 Å². The van der Waals surface area contributed by atoms with E-state index in [4.69, 9.17) is 18.9 Å². The minimum absolute atomic E-state index is 0.0136. The van der Waals surface area contributed by atoms with Crippen LogP contribution in [0.1, 0.15) is 19.3 Å². The van der Waals surface area contributed by atoms with Crippen LogP contribution in [0.15, 0.2) is 41.0 Å². The third-order valence-electron chi connectivity index (χ3n) is 3.80. The standard InChI is InChI=1S/C10H16N2O4.C6H4BrF.C3H7O2P/c1-12(5-4-9(15)11-7-14)10-3-2-8(6-13)16-10;7-5-2-1-3-6(8)4-5;1-2-4-6-5-3-1/h4-5,7-8,10,13H,2-3,6H2,1H3,(H,11,14,15);1-4H;6H,1-3H2/b5-4-;;. The molecule has 0 spiro atoms. The molecular formula is C19H27BrFN2O6P. The van der Waals surface area contributed by atoms with Gasteiger partial charge in [-0.2, -0.15) is 0 Å². The summed E-state index contributed by atoms with van der Waals surface area (Å²) in [7, 11) is 2.07. The third kappa shape index (κ3) is 12.3. The molecule has 2 heterocycles. The number of rotatable bonds is 5. The zero-order chi connectivity index (χ0) is 22.2. The number of benzene rings is 1. The van der Waals surface area contributed by atoms with Gasteiger partial charge in [0, 0.05) is 23.8 Å². The molecule has 0 aromatic heterocycles. The number of imide groups is 1. The Kier molecular flexibility index (Phi) is 14.5. The summed E-state index contributed by atoms with van der Waals surface area (Å²) in [5.74, 6) is -0.682. The average molecular weight is 509 g/mol. The van der Waals surface area contributed by atoms with Gasteiger partial charge in [0.05, 0.1) is 25.9 Å². The van der Waals surface area contributed by atoms with Crippen LogP contribution in [0.4, 0.5) is 4.39 Å². The first kappa shape index (κ1) is 26.6. The topological polar surface area (TPSA) is 97.3 Å². The lowest BCUT2D eigenvalue weighted by atomic mass is 10.2. The molecule has 0 saturated carbocycles. The number of ether oxygens (including phenoxy) is 1. The number of aliphatic hydroxyl groups excluding tert-OH is 1. The zero-order valence-electron chi connectivity index (χ0n) is 16.6. The Labute approximate surface area is 185 Å². The van der Waals surface area contributed by atoms with Gasteiger partial charge >= 0.3 is 0 Å². The van der Waals surface area contributed by atoms with E-state index in [-0.39, 0.29) is 24.8 Å². The molecule has 2 atom stereocenters. The smallest absolute Gasteiger partial charge is 0.251 e.